The summed E-state index contributed by atoms with van der Waals surface area (Å²) in [7, 11) is 1.43. The Labute approximate surface area is 224 Å². The fourth-order valence-corrected chi connectivity index (χ4v) is 5.67. The third-order valence-electron chi connectivity index (χ3n) is 7.52. The molecule has 2 aromatic carbocycles. The number of carbonyl (C=O) groups excluding carboxylic acids is 4. The number of carbonyl (C=O) groups is 4. The Morgan fingerprint density at radius 1 is 1.07 bits per heavy atom. The number of likely N-dealkylation sites (tertiary alicyclic amines) is 1. The van der Waals surface area contributed by atoms with Gasteiger partial charge in [0.2, 0.25) is 11.5 Å². The predicted molar refractivity (Wildman–Crippen MR) is 128 cm³/mol. The molecular weight excluding hydrogens is 543 g/mol. The summed E-state index contributed by atoms with van der Waals surface area (Å²) in [5, 5.41) is 4.99. The molecule has 5 amide bonds. The van der Waals surface area contributed by atoms with Crippen LogP contribution in [0.2, 0.25) is 0 Å². The monoisotopic (exact) mass is 566 g/mol. The van der Waals surface area contributed by atoms with Gasteiger partial charge in [0.15, 0.2) is 11.6 Å². The van der Waals surface area contributed by atoms with Crippen LogP contribution in [0.1, 0.15) is 42.0 Å². The number of nitrogens with one attached hydrogen (secondary N) is 2. The topological polar surface area (TPSA) is 108 Å². The maximum atomic E-state index is 13.9. The Balaban J connectivity index is 1.40. The first-order chi connectivity index (χ1) is 18.9. The standard InChI is InChI=1S/C26H23F5N4O5/c1-32-23(38)33-15-3-4-16-13(10-15)8-9-25(16)22(37)34(24(39)40-25)12-21(36)35-19(6-7-20(35)26(29,30)31)14-2-5-17(27)18(28)11-14/h2-5,10-11,19-20H,6-9,12H2,1H3,(H2,32,33,38)/t19-,20+,25?/m0/s1. The number of anilines is 1. The molecule has 0 bridgehead atoms. The van der Waals surface area contributed by atoms with Crippen molar-refractivity contribution in [3.63, 3.8) is 0 Å². The highest BCUT2D eigenvalue weighted by Crippen LogP contribution is 2.47. The second kappa shape index (κ2) is 9.75. The number of nitrogens with zero attached hydrogens (tertiary/aromatic N) is 2. The minimum atomic E-state index is -4.84. The molecule has 0 radical (unpaired) electrons. The van der Waals surface area contributed by atoms with Crippen molar-refractivity contribution in [1.82, 2.24) is 15.1 Å². The highest BCUT2D eigenvalue weighted by Gasteiger charge is 2.59. The number of imide groups is 1. The van der Waals surface area contributed by atoms with Gasteiger partial charge in [-0.2, -0.15) is 13.2 Å². The quantitative estimate of drug-likeness (QED) is 0.542. The molecule has 2 fully saturated rings. The summed E-state index contributed by atoms with van der Waals surface area (Å²) in [6, 6.07) is 3.22. The highest BCUT2D eigenvalue weighted by molar-refractivity contribution is 6.06. The van der Waals surface area contributed by atoms with Crippen LogP contribution in [0.5, 0.6) is 0 Å². The van der Waals surface area contributed by atoms with Crippen molar-refractivity contribution in [3.05, 3.63) is 64.7 Å². The predicted octanol–water partition coefficient (Wildman–Crippen LogP) is 4.13. The van der Waals surface area contributed by atoms with Gasteiger partial charge in [0.05, 0.1) is 6.04 Å². The molecule has 9 nitrogen and oxygen atoms in total. The lowest BCUT2D eigenvalue weighted by molar-refractivity contribution is -0.186. The second-order valence-corrected chi connectivity index (χ2v) is 9.79. The van der Waals surface area contributed by atoms with Crippen LogP contribution in [-0.2, 0) is 26.3 Å². The fraction of sp³-hybridized carbons (Fsp3) is 0.385. The molecule has 1 unspecified atom stereocenters. The van der Waals surface area contributed by atoms with Crippen molar-refractivity contribution < 1.29 is 45.9 Å². The number of hydrogen-bond acceptors (Lipinski definition) is 5. The average molecular weight is 566 g/mol. The average Bonchev–Trinajstić information content (AvgIpc) is 3.57. The molecule has 14 heteroatoms. The first-order valence-electron chi connectivity index (χ1n) is 12.4. The lowest BCUT2D eigenvalue weighted by Crippen LogP contribution is -2.50. The van der Waals surface area contributed by atoms with E-state index in [0.29, 0.717) is 33.0 Å². The van der Waals surface area contributed by atoms with Crippen molar-refractivity contribution in [2.24, 2.45) is 0 Å². The minimum absolute atomic E-state index is 0.0351. The zero-order valence-corrected chi connectivity index (χ0v) is 21.0. The maximum Gasteiger partial charge on any atom is 0.418 e. The van der Waals surface area contributed by atoms with Crippen LogP contribution in [-0.4, -0.2) is 59.5 Å². The molecule has 0 aromatic heterocycles. The van der Waals surface area contributed by atoms with Crippen molar-refractivity contribution in [2.45, 2.75) is 49.5 Å². The van der Waals surface area contributed by atoms with E-state index < -0.39 is 72.4 Å². The van der Waals surface area contributed by atoms with E-state index in [1.165, 1.54) is 19.2 Å². The molecule has 2 heterocycles. The summed E-state index contributed by atoms with van der Waals surface area (Å²) in [5.41, 5.74) is -0.423. The van der Waals surface area contributed by atoms with Crippen molar-refractivity contribution in [2.75, 3.05) is 18.9 Å². The summed E-state index contributed by atoms with van der Waals surface area (Å²) in [5.74, 6) is -4.57. The summed E-state index contributed by atoms with van der Waals surface area (Å²) < 4.78 is 74.4. The number of halogens is 5. The smallest absolute Gasteiger partial charge is 0.418 e. The Kier molecular flexibility index (Phi) is 6.66. The SMILES string of the molecule is CNC(=O)Nc1ccc2c(c1)CCC21OC(=O)N(CC(=O)N2[C@H](c3ccc(F)c(F)c3)CC[C@@H]2C(F)(F)F)C1=O. The van der Waals surface area contributed by atoms with Gasteiger partial charge >= 0.3 is 18.3 Å². The van der Waals surface area contributed by atoms with Gasteiger partial charge in [-0.05, 0) is 54.7 Å². The molecule has 2 N–H and O–H groups in total. The number of ether oxygens (including phenoxy) is 1. The normalized spacial score (nSPS) is 23.9. The van der Waals surface area contributed by atoms with E-state index >= 15 is 0 Å². The molecule has 3 aliphatic rings. The molecule has 40 heavy (non-hydrogen) atoms. The Bertz CT molecular complexity index is 1420. The number of hydrogen-bond donors (Lipinski definition) is 2. The molecule has 5 rings (SSSR count). The molecule has 212 valence electrons. The fourth-order valence-electron chi connectivity index (χ4n) is 5.67. The molecule has 3 atom stereocenters. The van der Waals surface area contributed by atoms with E-state index in [1.807, 2.05) is 0 Å². The third-order valence-corrected chi connectivity index (χ3v) is 7.52. The highest BCUT2D eigenvalue weighted by atomic mass is 19.4. The number of rotatable bonds is 4. The molecule has 2 aliphatic heterocycles. The Hall–Kier alpha value is -4.23. The van der Waals surface area contributed by atoms with Crippen molar-refractivity contribution in [3.8, 4) is 0 Å². The molecular formula is C26H23F5N4O5. The zero-order valence-electron chi connectivity index (χ0n) is 21.0. The Morgan fingerprint density at radius 2 is 1.82 bits per heavy atom. The number of alkyl halides is 3. The van der Waals surface area contributed by atoms with E-state index in [2.05, 4.69) is 10.6 Å². The molecule has 1 aliphatic carbocycles. The molecule has 0 saturated carbocycles. The van der Waals surface area contributed by atoms with Crippen molar-refractivity contribution >= 4 is 29.6 Å². The van der Waals surface area contributed by atoms with Crippen LogP contribution in [0.25, 0.3) is 0 Å². The first kappa shape index (κ1) is 27.3. The van der Waals surface area contributed by atoms with Crippen LogP contribution in [0.3, 0.4) is 0 Å². The van der Waals surface area contributed by atoms with Crippen LogP contribution >= 0.6 is 0 Å². The van der Waals surface area contributed by atoms with E-state index in [9.17, 15) is 41.1 Å². The third kappa shape index (κ3) is 4.50. The van der Waals surface area contributed by atoms with E-state index in [0.717, 1.165) is 18.2 Å². The maximum absolute atomic E-state index is 13.9. The van der Waals surface area contributed by atoms with E-state index in [4.69, 9.17) is 4.74 Å². The van der Waals surface area contributed by atoms with Gasteiger partial charge in [0.1, 0.15) is 12.6 Å². The lowest BCUT2D eigenvalue weighted by atomic mass is 9.94. The second-order valence-electron chi connectivity index (χ2n) is 9.79. The van der Waals surface area contributed by atoms with Gasteiger partial charge in [-0.1, -0.05) is 12.1 Å². The van der Waals surface area contributed by atoms with E-state index in [1.54, 1.807) is 6.07 Å². The number of urea groups is 1. The van der Waals surface area contributed by atoms with Gasteiger partial charge in [0.25, 0.3) is 5.91 Å². The van der Waals surface area contributed by atoms with Gasteiger partial charge < -0.3 is 20.3 Å². The van der Waals surface area contributed by atoms with Gasteiger partial charge in [-0.25, -0.2) is 23.3 Å². The largest absolute Gasteiger partial charge is 0.427 e. The van der Waals surface area contributed by atoms with Gasteiger partial charge in [0, 0.05) is 24.7 Å². The van der Waals surface area contributed by atoms with Crippen LogP contribution in [0.15, 0.2) is 36.4 Å². The van der Waals surface area contributed by atoms with Crippen LogP contribution in [0.4, 0.5) is 37.2 Å². The number of benzene rings is 2. The Morgan fingerprint density at radius 3 is 2.50 bits per heavy atom. The van der Waals surface area contributed by atoms with Crippen LogP contribution < -0.4 is 10.6 Å². The van der Waals surface area contributed by atoms with Gasteiger partial charge in [-0.3, -0.25) is 9.59 Å². The zero-order chi connectivity index (χ0) is 29.0. The van der Waals surface area contributed by atoms with Crippen LogP contribution in [0, 0.1) is 11.6 Å². The number of amides is 5. The molecule has 2 aromatic rings. The lowest BCUT2D eigenvalue weighted by Gasteiger charge is -2.32. The van der Waals surface area contributed by atoms with Crippen molar-refractivity contribution in [1.29, 1.82) is 0 Å². The first-order valence-corrected chi connectivity index (χ1v) is 12.4. The summed E-state index contributed by atoms with van der Waals surface area (Å²) in [6.45, 7) is -1.03. The summed E-state index contributed by atoms with van der Waals surface area (Å²) in [6.07, 6.45) is -6.40. The minimum Gasteiger partial charge on any atom is -0.427 e. The summed E-state index contributed by atoms with van der Waals surface area (Å²) >= 11 is 0. The molecule has 1 spiro atoms. The van der Waals surface area contributed by atoms with Gasteiger partial charge in [-0.15, -0.1) is 0 Å². The number of fused-ring (bicyclic) bond motifs is 2. The molecule has 2 saturated heterocycles. The van der Waals surface area contributed by atoms with E-state index in [-0.39, 0.29) is 18.4 Å². The number of aryl methyl sites for hydroxylation is 1. The summed E-state index contributed by atoms with van der Waals surface area (Å²) in [4.78, 5) is 52.2.